The maximum Gasteiger partial charge on any atom is 0.339 e. The number of ether oxygens (including phenoxy) is 3. The maximum atomic E-state index is 12.3. The first-order valence-electron chi connectivity index (χ1n) is 9.11. The lowest BCUT2D eigenvalue weighted by atomic mass is 10.1. The van der Waals surface area contributed by atoms with Crippen molar-refractivity contribution in [3.63, 3.8) is 0 Å². The van der Waals surface area contributed by atoms with E-state index in [2.05, 4.69) is 15.8 Å². The predicted molar refractivity (Wildman–Crippen MR) is 104 cm³/mol. The molecule has 0 saturated carbocycles. The van der Waals surface area contributed by atoms with Gasteiger partial charge in [0, 0.05) is 18.2 Å². The van der Waals surface area contributed by atoms with Gasteiger partial charge in [-0.25, -0.2) is 4.79 Å². The van der Waals surface area contributed by atoms with Gasteiger partial charge in [0.25, 0.3) is 5.91 Å². The lowest BCUT2D eigenvalue weighted by Gasteiger charge is -2.18. The fourth-order valence-electron chi connectivity index (χ4n) is 3.11. The highest BCUT2D eigenvalue weighted by atomic mass is 16.6. The molecule has 0 atom stereocenters. The van der Waals surface area contributed by atoms with Crippen LogP contribution in [0.1, 0.15) is 49.4 Å². The minimum atomic E-state index is -0.667. The quantitative estimate of drug-likeness (QED) is 0.378. The molecule has 10 nitrogen and oxygen atoms in total. The zero-order valence-electron chi connectivity index (χ0n) is 16.7. The van der Waals surface area contributed by atoms with Gasteiger partial charge >= 0.3 is 5.97 Å². The summed E-state index contributed by atoms with van der Waals surface area (Å²) < 4.78 is 15.6. The highest BCUT2D eigenvalue weighted by Crippen LogP contribution is 2.30. The van der Waals surface area contributed by atoms with Crippen molar-refractivity contribution in [2.75, 3.05) is 20.3 Å². The Balaban J connectivity index is 1.67. The first-order valence-corrected chi connectivity index (χ1v) is 9.11. The van der Waals surface area contributed by atoms with Crippen LogP contribution in [0.3, 0.4) is 0 Å². The van der Waals surface area contributed by atoms with Crippen LogP contribution < -0.4 is 20.3 Å². The number of benzene rings is 1. The first-order chi connectivity index (χ1) is 14.3. The number of carbonyl (C=O) groups is 4. The van der Waals surface area contributed by atoms with Gasteiger partial charge in [0.05, 0.1) is 24.8 Å². The van der Waals surface area contributed by atoms with Crippen molar-refractivity contribution >= 4 is 23.6 Å². The number of nitrogens with one attached hydrogen (secondary N) is 3. The number of hydrazine groups is 1. The zero-order valence-corrected chi connectivity index (χ0v) is 16.7. The molecule has 3 N–H and O–H groups in total. The number of Topliss-reactive ketones (excluding diaryl/α,β-unsaturated/α-hetero) is 1. The van der Waals surface area contributed by atoms with Gasteiger partial charge in [-0.2, -0.15) is 0 Å². The molecule has 30 heavy (non-hydrogen) atoms. The number of carbonyl (C=O) groups excluding carboxylic acids is 4. The molecule has 1 aromatic carbocycles. The van der Waals surface area contributed by atoms with Crippen LogP contribution >= 0.6 is 0 Å². The summed E-state index contributed by atoms with van der Waals surface area (Å²) in [5.74, 6) is -1.11. The molecule has 2 heterocycles. The number of fused-ring (bicyclic) bond motifs is 1. The molecule has 0 radical (unpaired) electrons. The Morgan fingerprint density at radius 1 is 1.10 bits per heavy atom. The smallest absolute Gasteiger partial charge is 0.339 e. The molecule has 158 valence electrons. The van der Waals surface area contributed by atoms with Gasteiger partial charge in [-0.3, -0.25) is 25.2 Å². The van der Waals surface area contributed by atoms with Crippen LogP contribution in [-0.2, 0) is 16.0 Å². The van der Waals surface area contributed by atoms with Gasteiger partial charge in [-0.15, -0.1) is 0 Å². The Morgan fingerprint density at radius 3 is 2.47 bits per heavy atom. The lowest BCUT2D eigenvalue weighted by Crippen LogP contribution is -2.42. The van der Waals surface area contributed by atoms with E-state index in [0.29, 0.717) is 30.3 Å². The Bertz CT molecular complexity index is 1030. The third-order valence-corrected chi connectivity index (χ3v) is 4.53. The number of hydrogen-bond acceptors (Lipinski definition) is 7. The first kappa shape index (κ1) is 20.9. The van der Waals surface area contributed by atoms with E-state index in [1.807, 2.05) is 0 Å². The molecule has 1 aliphatic heterocycles. The molecule has 1 aliphatic rings. The van der Waals surface area contributed by atoms with Crippen molar-refractivity contribution in [2.24, 2.45) is 0 Å². The summed E-state index contributed by atoms with van der Waals surface area (Å²) in [5, 5.41) is 0. The van der Waals surface area contributed by atoms with Crippen LogP contribution in [0.25, 0.3) is 0 Å². The summed E-state index contributed by atoms with van der Waals surface area (Å²) in [5.41, 5.74) is 5.81. The summed E-state index contributed by atoms with van der Waals surface area (Å²) in [6, 6.07) is 4.66. The second-order valence-corrected chi connectivity index (χ2v) is 6.56. The highest BCUT2D eigenvalue weighted by molar-refractivity contribution is 6.01. The van der Waals surface area contributed by atoms with Crippen LogP contribution in [0.15, 0.2) is 18.2 Å². The topological polar surface area (TPSA) is 136 Å². The summed E-state index contributed by atoms with van der Waals surface area (Å²) in [4.78, 5) is 51.2. The van der Waals surface area contributed by atoms with Crippen LogP contribution in [0, 0.1) is 6.92 Å². The number of methoxy groups -OCH3 is 1. The van der Waals surface area contributed by atoms with Crippen LogP contribution in [0.5, 0.6) is 11.5 Å². The second-order valence-electron chi connectivity index (χ2n) is 6.56. The Hall–Kier alpha value is -3.82. The zero-order chi connectivity index (χ0) is 21.8. The molecule has 0 saturated heterocycles. The van der Waals surface area contributed by atoms with Gasteiger partial charge in [-0.05, 0) is 30.7 Å². The van der Waals surface area contributed by atoms with Crippen molar-refractivity contribution in [3.8, 4) is 11.5 Å². The Labute approximate surface area is 171 Å². The number of ketones is 1. The summed E-state index contributed by atoms with van der Waals surface area (Å²) in [7, 11) is 1.21. The van der Waals surface area contributed by atoms with Crippen LogP contribution in [0.4, 0.5) is 0 Å². The molecule has 1 aromatic heterocycles. The van der Waals surface area contributed by atoms with Gasteiger partial charge in [0.15, 0.2) is 17.3 Å². The van der Waals surface area contributed by atoms with Crippen molar-refractivity contribution in [1.82, 2.24) is 15.8 Å². The van der Waals surface area contributed by atoms with Crippen molar-refractivity contribution < 1.29 is 33.4 Å². The van der Waals surface area contributed by atoms with Gasteiger partial charge in [0.2, 0.25) is 5.91 Å². The minimum absolute atomic E-state index is 0.121. The van der Waals surface area contributed by atoms with E-state index < -0.39 is 17.8 Å². The molecule has 0 unspecified atom stereocenters. The normalized spacial score (nSPS) is 12.1. The third-order valence-electron chi connectivity index (χ3n) is 4.53. The van der Waals surface area contributed by atoms with E-state index >= 15 is 0 Å². The number of esters is 1. The molecule has 2 aromatic rings. The molecule has 0 fully saturated rings. The summed E-state index contributed by atoms with van der Waals surface area (Å²) in [6.07, 6.45) is -0.278. The Kier molecular flexibility index (Phi) is 6.05. The monoisotopic (exact) mass is 415 g/mol. The van der Waals surface area contributed by atoms with E-state index in [-0.39, 0.29) is 34.7 Å². The minimum Gasteiger partial charge on any atom is -0.486 e. The average Bonchev–Trinajstić information content (AvgIpc) is 3.07. The molecular formula is C20H21N3O7. The number of H-pyrrole nitrogens is 1. The number of rotatable bonds is 5. The molecule has 10 heteroatoms. The third kappa shape index (κ3) is 4.27. The summed E-state index contributed by atoms with van der Waals surface area (Å²) in [6.45, 7) is 3.75. The van der Waals surface area contributed by atoms with E-state index in [1.165, 1.54) is 26.2 Å². The van der Waals surface area contributed by atoms with Crippen LogP contribution in [-0.4, -0.2) is 48.9 Å². The van der Waals surface area contributed by atoms with Gasteiger partial charge < -0.3 is 19.2 Å². The van der Waals surface area contributed by atoms with Crippen molar-refractivity contribution in [2.45, 2.75) is 20.3 Å². The second kappa shape index (κ2) is 8.68. The van der Waals surface area contributed by atoms with Crippen molar-refractivity contribution in [1.29, 1.82) is 0 Å². The molecule has 0 aliphatic carbocycles. The highest BCUT2D eigenvalue weighted by Gasteiger charge is 2.24. The molecule has 2 amide bonds. The van der Waals surface area contributed by atoms with Gasteiger partial charge in [-0.1, -0.05) is 0 Å². The van der Waals surface area contributed by atoms with Crippen molar-refractivity contribution in [3.05, 3.63) is 46.3 Å². The van der Waals surface area contributed by atoms with E-state index in [4.69, 9.17) is 14.2 Å². The Morgan fingerprint density at radius 2 is 1.80 bits per heavy atom. The standard InChI is InChI=1S/C20H21N3O7/c1-10-17(20(27)28-3)13(21-18(10)11(2)24)9-16(25)22-23-19(26)12-4-5-14-15(8-12)30-7-6-29-14/h4-5,8,21H,6-7,9H2,1-3H3,(H,22,25)(H,23,26). The fraction of sp³-hybridized carbons (Fsp3) is 0.300. The molecular weight excluding hydrogens is 394 g/mol. The van der Waals surface area contributed by atoms with Gasteiger partial charge in [0.1, 0.15) is 13.2 Å². The number of hydrogen-bond donors (Lipinski definition) is 3. The fourth-order valence-corrected chi connectivity index (χ4v) is 3.11. The molecule has 0 bridgehead atoms. The summed E-state index contributed by atoms with van der Waals surface area (Å²) >= 11 is 0. The van der Waals surface area contributed by atoms with E-state index in [1.54, 1.807) is 13.0 Å². The SMILES string of the molecule is COC(=O)c1c(CC(=O)NNC(=O)c2ccc3c(c2)OCCO3)[nH]c(C(C)=O)c1C. The average molecular weight is 415 g/mol. The molecule has 0 spiro atoms. The van der Waals surface area contributed by atoms with E-state index in [0.717, 1.165) is 0 Å². The number of aromatic nitrogens is 1. The van der Waals surface area contributed by atoms with E-state index in [9.17, 15) is 19.2 Å². The van der Waals surface area contributed by atoms with Crippen LogP contribution in [0.2, 0.25) is 0 Å². The predicted octanol–water partition coefficient (Wildman–Crippen LogP) is 1.09. The molecule has 3 rings (SSSR count). The number of aromatic amines is 1. The number of amides is 2. The largest absolute Gasteiger partial charge is 0.486 e. The maximum absolute atomic E-state index is 12.3. The lowest BCUT2D eigenvalue weighted by molar-refractivity contribution is -0.121.